The minimum atomic E-state index is -1.07. The van der Waals surface area contributed by atoms with E-state index in [-0.39, 0.29) is 23.7 Å². The molecule has 0 fully saturated rings. The van der Waals surface area contributed by atoms with Crippen molar-refractivity contribution in [3.05, 3.63) is 35.5 Å². The molecule has 1 aromatic rings. The Balaban J connectivity index is 2.31. The van der Waals surface area contributed by atoms with Gasteiger partial charge in [-0.25, -0.2) is 13.6 Å². The molecule has 7 heteroatoms. The van der Waals surface area contributed by atoms with Gasteiger partial charge in [0, 0.05) is 12.1 Å². The molecule has 100 valence electrons. The van der Waals surface area contributed by atoms with Gasteiger partial charge in [0.05, 0.1) is 24.1 Å². The number of esters is 1. The van der Waals surface area contributed by atoms with Crippen LogP contribution in [0.25, 0.3) is 0 Å². The molecule has 19 heavy (non-hydrogen) atoms. The van der Waals surface area contributed by atoms with E-state index >= 15 is 0 Å². The lowest BCUT2D eigenvalue weighted by atomic mass is 10.2. The smallest absolute Gasteiger partial charge is 0.333 e. The predicted molar refractivity (Wildman–Crippen MR) is 63.3 cm³/mol. The van der Waals surface area contributed by atoms with Crippen LogP contribution in [0.1, 0.15) is 6.92 Å². The topological polar surface area (TPSA) is 67.4 Å². The number of carbonyl (C=O) groups excluding carboxylic acids is 2. The molecule has 1 amide bonds. The second-order valence-electron chi connectivity index (χ2n) is 3.70. The summed E-state index contributed by atoms with van der Waals surface area (Å²) >= 11 is 0. The molecule has 0 radical (unpaired) electrons. The minimum absolute atomic E-state index is 0.100. The molecule has 1 aliphatic rings. The molecule has 2 N–H and O–H groups in total. The van der Waals surface area contributed by atoms with Crippen molar-refractivity contribution >= 4 is 23.3 Å². The van der Waals surface area contributed by atoms with Gasteiger partial charge in [0.2, 0.25) is 0 Å². The minimum Gasteiger partial charge on any atom is -0.463 e. The summed E-state index contributed by atoms with van der Waals surface area (Å²) < 4.78 is 30.7. The number of halogens is 2. The fraction of sp³-hybridized carbons (Fsp3) is 0.167. The number of rotatable bonds is 2. The zero-order chi connectivity index (χ0) is 14.0. The normalized spacial score (nSPS) is 15.5. The molecule has 0 aliphatic carbocycles. The lowest BCUT2D eigenvalue weighted by Crippen LogP contribution is -2.26. The highest BCUT2D eigenvalue weighted by molar-refractivity contribution is 6.13. The first-order chi connectivity index (χ1) is 9.01. The molecule has 0 saturated heterocycles. The number of fused-ring (bicyclic) bond motifs is 1. The first-order valence-electron chi connectivity index (χ1n) is 5.47. The highest BCUT2D eigenvalue weighted by Crippen LogP contribution is 2.30. The number of hydrogen-bond donors (Lipinski definition) is 2. The van der Waals surface area contributed by atoms with E-state index in [2.05, 4.69) is 15.4 Å². The van der Waals surface area contributed by atoms with Gasteiger partial charge in [0.15, 0.2) is 11.6 Å². The molecule has 0 atom stereocenters. The maximum absolute atomic E-state index is 13.1. The molecule has 0 saturated carbocycles. The van der Waals surface area contributed by atoms with Crippen LogP contribution < -0.4 is 10.6 Å². The van der Waals surface area contributed by atoms with E-state index < -0.39 is 23.5 Å². The van der Waals surface area contributed by atoms with Gasteiger partial charge in [-0.2, -0.15) is 0 Å². The first-order valence-corrected chi connectivity index (χ1v) is 5.47. The molecule has 0 spiro atoms. The number of carbonyl (C=O) groups is 2. The van der Waals surface area contributed by atoms with Gasteiger partial charge in [-0.05, 0) is 6.92 Å². The Morgan fingerprint density at radius 2 is 1.84 bits per heavy atom. The third-order valence-electron chi connectivity index (χ3n) is 2.37. The predicted octanol–water partition coefficient (Wildman–Crippen LogP) is 1.78. The maximum atomic E-state index is 13.1. The lowest BCUT2D eigenvalue weighted by molar-refractivity contribution is -0.137. The van der Waals surface area contributed by atoms with Crippen LogP contribution in [0.5, 0.6) is 0 Å². The first kappa shape index (κ1) is 13.0. The monoisotopic (exact) mass is 268 g/mol. The van der Waals surface area contributed by atoms with E-state index in [4.69, 9.17) is 0 Å². The van der Waals surface area contributed by atoms with Crippen molar-refractivity contribution < 1.29 is 23.1 Å². The Bertz CT molecular complexity index is 585. The van der Waals surface area contributed by atoms with Crippen LogP contribution in [0.3, 0.4) is 0 Å². The summed E-state index contributed by atoms with van der Waals surface area (Å²) in [5.74, 6) is -3.46. The molecular weight excluding hydrogens is 258 g/mol. The van der Waals surface area contributed by atoms with Crippen LogP contribution >= 0.6 is 0 Å². The van der Waals surface area contributed by atoms with E-state index in [1.807, 2.05) is 0 Å². The Morgan fingerprint density at radius 1 is 1.26 bits per heavy atom. The zero-order valence-corrected chi connectivity index (χ0v) is 9.92. The van der Waals surface area contributed by atoms with Gasteiger partial charge >= 0.3 is 5.97 Å². The summed E-state index contributed by atoms with van der Waals surface area (Å²) in [5, 5.41) is 4.89. The number of amides is 1. The standard InChI is InChI=1S/C12H10F2N2O3/c1-2-19-11(17)5-10-12(18)16-9-4-7(14)6(13)3-8(9)15-10/h3-5,15H,2H2,1H3,(H,16,18)/b10-5+. The van der Waals surface area contributed by atoms with Gasteiger partial charge < -0.3 is 15.4 Å². The summed E-state index contributed by atoms with van der Waals surface area (Å²) in [6.07, 6.45) is 0.947. The van der Waals surface area contributed by atoms with Crippen molar-refractivity contribution in [3.8, 4) is 0 Å². The van der Waals surface area contributed by atoms with Crippen molar-refractivity contribution in [3.63, 3.8) is 0 Å². The molecular formula is C12H10F2N2O3. The molecule has 0 aromatic heterocycles. The molecule has 5 nitrogen and oxygen atoms in total. The second-order valence-corrected chi connectivity index (χ2v) is 3.70. The lowest BCUT2D eigenvalue weighted by Gasteiger charge is -2.21. The van der Waals surface area contributed by atoms with Crippen molar-refractivity contribution in [2.75, 3.05) is 17.2 Å². The van der Waals surface area contributed by atoms with E-state index in [1.165, 1.54) is 0 Å². The summed E-state index contributed by atoms with van der Waals surface area (Å²) in [6.45, 7) is 1.79. The Morgan fingerprint density at radius 3 is 2.42 bits per heavy atom. The van der Waals surface area contributed by atoms with Gasteiger partial charge in [-0.3, -0.25) is 4.79 Å². The Hall–Kier alpha value is -2.44. The third-order valence-corrected chi connectivity index (χ3v) is 2.37. The fourth-order valence-corrected chi connectivity index (χ4v) is 1.55. The average Bonchev–Trinajstić information content (AvgIpc) is 2.33. The van der Waals surface area contributed by atoms with Crippen LogP contribution in [0, 0.1) is 11.6 Å². The zero-order valence-electron chi connectivity index (χ0n) is 9.92. The Labute approximate surface area is 107 Å². The van der Waals surface area contributed by atoms with Gasteiger partial charge in [0.25, 0.3) is 5.91 Å². The average molecular weight is 268 g/mol. The van der Waals surface area contributed by atoms with Crippen LogP contribution in [0.4, 0.5) is 20.2 Å². The maximum Gasteiger partial charge on any atom is 0.333 e. The van der Waals surface area contributed by atoms with E-state index in [0.717, 1.165) is 18.2 Å². The molecule has 1 heterocycles. The van der Waals surface area contributed by atoms with E-state index in [9.17, 15) is 18.4 Å². The highest BCUT2D eigenvalue weighted by atomic mass is 19.2. The molecule has 2 rings (SSSR count). The third kappa shape index (κ3) is 2.70. The van der Waals surface area contributed by atoms with Crippen molar-refractivity contribution in [2.24, 2.45) is 0 Å². The van der Waals surface area contributed by atoms with Gasteiger partial charge in [-0.1, -0.05) is 0 Å². The number of anilines is 2. The molecule has 0 unspecified atom stereocenters. The van der Waals surface area contributed by atoms with Crippen LogP contribution in [0.2, 0.25) is 0 Å². The van der Waals surface area contributed by atoms with E-state index in [1.54, 1.807) is 6.92 Å². The van der Waals surface area contributed by atoms with Gasteiger partial charge in [0.1, 0.15) is 5.70 Å². The molecule has 0 bridgehead atoms. The number of ether oxygens (including phenoxy) is 1. The SMILES string of the molecule is CCOC(=O)/C=C1/Nc2cc(F)c(F)cc2NC1=O. The number of benzene rings is 1. The van der Waals surface area contributed by atoms with Crippen LogP contribution in [-0.4, -0.2) is 18.5 Å². The molecule has 1 aliphatic heterocycles. The van der Waals surface area contributed by atoms with Crippen LogP contribution in [0.15, 0.2) is 23.9 Å². The summed E-state index contributed by atoms with van der Waals surface area (Å²) in [6, 6.07) is 1.75. The largest absolute Gasteiger partial charge is 0.463 e. The van der Waals surface area contributed by atoms with Crippen LogP contribution in [-0.2, 0) is 14.3 Å². The number of hydrogen-bond acceptors (Lipinski definition) is 4. The van der Waals surface area contributed by atoms with E-state index in [0.29, 0.717) is 0 Å². The Kier molecular flexibility index (Phi) is 3.46. The number of nitrogens with one attached hydrogen (secondary N) is 2. The van der Waals surface area contributed by atoms with Crippen molar-refractivity contribution in [2.45, 2.75) is 6.92 Å². The second kappa shape index (κ2) is 5.05. The van der Waals surface area contributed by atoms with Crippen molar-refractivity contribution in [1.29, 1.82) is 0 Å². The highest BCUT2D eigenvalue weighted by Gasteiger charge is 2.22. The van der Waals surface area contributed by atoms with Gasteiger partial charge in [-0.15, -0.1) is 0 Å². The molecule has 1 aromatic carbocycles. The fourth-order valence-electron chi connectivity index (χ4n) is 1.55. The summed E-state index contributed by atoms with van der Waals surface area (Å²) in [5.41, 5.74) is 0.163. The summed E-state index contributed by atoms with van der Waals surface area (Å²) in [4.78, 5) is 22.9. The summed E-state index contributed by atoms with van der Waals surface area (Å²) in [7, 11) is 0. The van der Waals surface area contributed by atoms with Crippen molar-refractivity contribution in [1.82, 2.24) is 0 Å². The quantitative estimate of drug-likeness (QED) is 0.633.